The Balaban J connectivity index is 1.79. The summed E-state index contributed by atoms with van der Waals surface area (Å²) in [5, 5.41) is 8.71. The standard InChI is InChI=1S/C26H32F5N7O2S/c1-15-20(23(32)39)22(36-37(15)10-9-26(29,30)31)21(17-5-7-25(27,28)8-6-17)18-14-38-19(35-18)11-16(12-33-38)13-34-41(40)24(2,3)4/h11-14,17,21H,5-10H2,1-4H3,(H2,32,39)/b34-13+/t21-,41-/m0/s1. The monoisotopic (exact) mass is 601 g/mol. The number of nitrogens with zero attached hydrogens (tertiary/aromatic N) is 6. The summed E-state index contributed by atoms with van der Waals surface area (Å²) in [6.45, 7) is 6.29. The number of aryl methyl sites for hydroxylation is 1. The van der Waals surface area contributed by atoms with Gasteiger partial charge in [-0.2, -0.15) is 27.8 Å². The van der Waals surface area contributed by atoms with Crippen LogP contribution in [0.4, 0.5) is 22.0 Å². The Morgan fingerprint density at radius 3 is 2.51 bits per heavy atom. The van der Waals surface area contributed by atoms with E-state index in [4.69, 9.17) is 5.73 Å². The van der Waals surface area contributed by atoms with E-state index in [0.29, 0.717) is 16.9 Å². The lowest BCUT2D eigenvalue weighted by Gasteiger charge is -2.32. The molecule has 1 aliphatic rings. The number of aromatic nitrogens is 5. The van der Waals surface area contributed by atoms with Crippen LogP contribution in [-0.4, -0.2) is 57.6 Å². The fourth-order valence-corrected chi connectivity index (χ4v) is 5.47. The molecule has 1 amide bonds. The lowest BCUT2D eigenvalue weighted by atomic mass is 9.75. The first kappa shape index (κ1) is 30.7. The van der Waals surface area contributed by atoms with Crippen LogP contribution in [0, 0.1) is 12.8 Å². The van der Waals surface area contributed by atoms with Gasteiger partial charge in [0.05, 0.1) is 46.4 Å². The molecule has 41 heavy (non-hydrogen) atoms. The third-order valence-electron chi connectivity index (χ3n) is 7.11. The summed E-state index contributed by atoms with van der Waals surface area (Å²) >= 11 is 0. The van der Waals surface area contributed by atoms with Gasteiger partial charge in [0.2, 0.25) is 5.92 Å². The van der Waals surface area contributed by atoms with Crippen LogP contribution in [0.15, 0.2) is 22.9 Å². The van der Waals surface area contributed by atoms with Crippen LogP contribution < -0.4 is 5.73 Å². The minimum absolute atomic E-state index is 0.0444. The molecule has 1 aliphatic carbocycles. The summed E-state index contributed by atoms with van der Waals surface area (Å²) < 4.78 is 85.5. The quantitative estimate of drug-likeness (QED) is 0.284. The summed E-state index contributed by atoms with van der Waals surface area (Å²) in [5.74, 6) is -4.95. The van der Waals surface area contributed by atoms with E-state index in [1.165, 1.54) is 23.9 Å². The zero-order valence-corrected chi connectivity index (χ0v) is 23.9. The van der Waals surface area contributed by atoms with E-state index in [2.05, 4.69) is 19.6 Å². The van der Waals surface area contributed by atoms with Crippen molar-refractivity contribution in [2.45, 2.75) is 89.1 Å². The molecule has 9 nitrogen and oxygen atoms in total. The van der Waals surface area contributed by atoms with E-state index in [9.17, 15) is 31.0 Å². The van der Waals surface area contributed by atoms with E-state index < -0.39 is 58.5 Å². The number of fused-ring (bicyclic) bond motifs is 1. The number of hydrogen-bond donors (Lipinski definition) is 1. The Labute approximate surface area is 236 Å². The van der Waals surface area contributed by atoms with Gasteiger partial charge in [0, 0.05) is 36.9 Å². The topological polar surface area (TPSA) is 121 Å². The lowest BCUT2D eigenvalue weighted by molar-refractivity contribution is -0.137. The maximum Gasteiger partial charge on any atom is 0.390 e. The molecule has 1 fully saturated rings. The van der Waals surface area contributed by atoms with Gasteiger partial charge in [0.25, 0.3) is 5.91 Å². The molecule has 0 bridgehead atoms. The molecule has 0 unspecified atom stereocenters. The van der Waals surface area contributed by atoms with Crippen molar-refractivity contribution in [3.8, 4) is 0 Å². The van der Waals surface area contributed by atoms with Crippen LogP contribution in [0.2, 0.25) is 0 Å². The third-order valence-corrected chi connectivity index (χ3v) is 8.46. The van der Waals surface area contributed by atoms with Gasteiger partial charge in [0.1, 0.15) is 11.0 Å². The molecule has 0 aliphatic heterocycles. The Hall–Kier alpha value is -3.23. The van der Waals surface area contributed by atoms with E-state index in [0.717, 1.165) is 4.68 Å². The van der Waals surface area contributed by atoms with Crippen molar-refractivity contribution in [2.75, 3.05) is 0 Å². The van der Waals surface area contributed by atoms with E-state index in [-0.39, 0.29) is 42.6 Å². The number of imidazole rings is 1. The third kappa shape index (κ3) is 7.16. The van der Waals surface area contributed by atoms with Gasteiger partial charge in [0.15, 0.2) is 5.65 Å². The van der Waals surface area contributed by atoms with Crippen molar-refractivity contribution < 1.29 is 31.0 Å². The van der Waals surface area contributed by atoms with Gasteiger partial charge in [-0.1, -0.05) is 0 Å². The maximum absolute atomic E-state index is 14.1. The zero-order valence-electron chi connectivity index (χ0n) is 23.1. The molecular weight excluding hydrogens is 569 g/mol. The average molecular weight is 602 g/mol. The zero-order chi connectivity index (χ0) is 30.3. The maximum atomic E-state index is 14.1. The predicted octanol–water partition coefficient (Wildman–Crippen LogP) is 5.12. The van der Waals surface area contributed by atoms with Gasteiger partial charge in [-0.05, 0) is 52.5 Å². The molecule has 3 aromatic heterocycles. The molecule has 0 aromatic carbocycles. The Bertz CT molecular complexity index is 1480. The fraction of sp³-hybridized carbons (Fsp3) is 0.577. The highest BCUT2D eigenvalue weighted by molar-refractivity contribution is 7.85. The average Bonchev–Trinajstić information content (AvgIpc) is 3.41. The summed E-state index contributed by atoms with van der Waals surface area (Å²) in [5.41, 5.74) is 7.15. The van der Waals surface area contributed by atoms with Crippen molar-refractivity contribution in [3.05, 3.63) is 46.7 Å². The molecule has 2 N–H and O–H groups in total. The van der Waals surface area contributed by atoms with Crippen molar-refractivity contribution in [1.29, 1.82) is 0 Å². The van der Waals surface area contributed by atoms with Gasteiger partial charge in [-0.3, -0.25) is 9.48 Å². The molecule has 15 heteroatoms. The molecule has 2 atom stereocenters. The van der Waals surface area contributed by atoms with Crippen LogP contribution >= 0.6 is 0 Å². The minimum atomic E-state index is -4.45. The number of carbonyl (C=O) groups is 1. The first-order valence-corrected chi connectivity index (χ1v) is 14.2. The van der Waals surface area contributed by atoms with Crippen molar-refractivity contribution in [3.63, 3.8) is 0 Å². The molecule has 0 radical (unpaired) electrons. The molecule has 0 saturated heterocycles. The highest BCUT2D eigenvalue weighted by atomic mass is 32.2. The summed E-state index contributed by atoms with van der Waals surface area (Å²) in [4.78, 5) is 17.2. The predicted molar refractivity (Wildman–Crippen MR) is 143 cm³/mol. The van der Waals surface area contributed by atoms with Gasteiger partial charge < -0.3 is 5.73 Å². The molecular formula is C26H32F5N7O2S. The Morgan fingerprint density at radius 2 is 1.93 bits per heavy atom. The van der Waals surface area contributed by atoms with Crippen molar-refractivity contribution in [1.82, 2.24) is 24.4 Å². The Kier molecular flexibility index (Phi) is 8.40. The normalized spacial score (nSPS) is 18.3. The second-order valence-electron chi connectivity index (χ2n) is 11.3. The molecule has 4 rings (SSSR count). The first-order chi connectivity index (χ1) is 18.9. The van der Waals surface area contributed by atoms with Gasteiger partial charge in [-0.15, -0.1) is 0 Å². The van der Waals surface area contributed by atoms with Crippen LogP contribution in [0.3, 0.4) is 0 Å². The van der Waals surface area contributed by atoms with E-state index in [1.807, 2.05) is 0 Å². The largest absolute Gasteiger partial charge is 0.390 e. The highest BCUT2D eigenvalue weighted by Crippen LogP contribution is 2.45. The second-order valence-corrected chi connectivity index (χ2v) is 13.3. The number of nitrogens with two attached hydrogens (primary N) is 1. The number of rotatable bonds is 8. The smallest absolute Gasteiger partial charge is 0.365 e. The minimum Gasteiger partial charge on any atom is -0.365 e. The number of alkyl halides is 5. The van der Waals surface area contributed by atoms with Crippen LogP contribution in [0.25, 0.3) is 5.65 Å². The molecule has 1 saturated carbocycles. The number of hydrogen-bond acceptors (Lipinski definition) is 5. The van der Waals surface area contributed by atoms with Crippen molar-refractivity contribution in [2.24, 2.45) is 16.0 Å². The number of carbonyl (C=O) groups excluding carboxylic acids is 1. The Morgan fingerprint density at radius 1 is 1.27 bits per heavy atom. The second kappa shape index (κ2) is 11.2. The summed E-state index contributed by atoms with van der Waals surface area (Å²) in [6, 6.07) is 1.65. The number of halogens is 5. The molecule has 224 valence electrons. The number of primary amides is 1. The molecule has 0 spiro atoms. The lowest BCUT2D eigenvalue weighted by Crippen LogP contribution is -2.29. The SMILES string of the molecule is Cc1c(C(N)=O)c([C@H](c2cn3ncc(/C=N/[S@@](=O)C(C)(C)C)cc3n2)C2CCC(F)(F)CC2)nn1CCC(F)(F)F. The van der Waals surface area contributed by atoms with Gasteiger partial charge >= 0.3 is 6.18 Å². The van der Waals surface area contributed by atoms with Gasteiger partial charge in [-0.25, -0.2) is 22.5 Å². The van der Waals surface area contributed by atoms with Crippen molar-refractivity contribution >= 4 is 28.8 Å². The highest BCUT2D eigenvalue weighted by Gasteiger charge is 2.42. The first-order valence-electron chi connectivity index (χ1n) is 13.1. The summed E-state index contributed by atoms with van der Waals surface area (Å²) in [7, 11) is -1.49. The van der Waals surface area contributed by atoms with E-state index >= 15 is 0 Å². The summed E-state index contributed by atoms with van der Waals surface area (Å²) in [6.07, 6.45) is -1.73. The van der Waals surface area contributed by atoms with Crippen LogP contribution in [-0.2, 0) is 17.5 Å². The van der Waals surface area contributed by atoms with Crippen LogP contribution in [0.5, 0.6) is 0 Å². The number of amides is 1. The van der Waals surface area contributed by atoms with Crippen LogP contribution in [0.1, 0.15) is 91.8 Å². The molecule has 3 aromatic rings. The molecule has 3 heterocycles. The fourth-order valence-electron chi connectivity index (χ4n) is 4.94. The van der Waals surface area contributed by atoms with E-state index in [1.54, 1.807) is 33.0 Å².